The van der Waals surface area contributed by atoms with E-state index < -0.39 is 0 Å². The monoisotopic (exact) mass is 383 g/mol. The van der Waals surface area contributed by atoms with E-state index in [1.807, 2.05) is 25.1 Å². The van der Waals surface area contributed by atoms with Crippen molar-refractivity contribution in [2.75, 3.05) is 19.7 Å². The average molecular weight is 383 g/mol. The maximum Gasteiger partial charge on any atom is 0.258 e. The van der Waals surface area contributed by atoms with Crippen molar-refractivity contribution in [3.05, 3.63) is 47.7 Å². The van der Waals surface area contributed by atoms with Crippen LogP contribution in [-0.4, -0.2) is 41.5 Å². The van der Waals surface area contributed by atoms with Crippen molar-refractivity contribution in [2.45, 2.75) is 51.6 Å². The molecule has 1 amide bonds. The number of benzene rings is 1. The summed E-state index contributed by atoms with van der Waals surface area (Å²) in [6.07, 6.45) is 7.13. The Bertz CT molecular complexity index is 804. The summed E-state index contributed by atoms with van der Waals surface area (Å²) in [5.41, 5.74) is 2.18. The second kappa shape index (κ2) is 8.78. The number of piperidine rings is 1. The Morgan fingerprint density at radius 2 is 2.14 bits per heavy atom. The number of oxazole rings is 1. The lowest BCUT2D eigenvalue weighted by molar-refractivity contribution is -0.124. The highest BCUT2D eigenvalue weighted by Gasteiger charge is 2.30. The molecule has 1 N–H and O–H groups in total. The van der Waals surface area contributed by atoms with Crippen LogP contribution < -0.4 is 10.1 Å². The first-order chi connectivity index (χ1) is 13.7. The number of ether oxygens (including phenoxy) is 1. The fraction of sp³-hybridized carbons (Fsp3) is 0.545. The van der Waals surface area contributed by atoms with Crippen LogP contribution in [0.25, 0.3) is 0 Å². The minimum atomic E-state index is -0.0223. The molecule has 6 heteroatoms. The Balaban J connectivity index is 1.41. The van der Waals surface area contributed by atoms with Crippen LogP contribution in [0.5, 0.6) is 5.75 Å². The van der Waals surface area contributed by atoms with Gasteiger partial charge in [-0.25, -0.2) is 4.98 Å². The lowest BCUT2D eigenvalue weighted by Crippen LogP contribution is -2.51. The predicted molar refractivity (Wildman–Crippen MR) is 106 cm³/mol. The van der Waals surface area contributed by atoms with Gasteiger partial charge in [-0.15, -0.1) is 0 Å². The molecule has 0 radical (unpaired) electrons. The van der Waals surface area contributed by atoms with Crippen LogP contribution in [-0.2, 0) is 17.8 Å². The second-order valence-corrected chi connectivity index (χ2v) is 7.96. The van der Waals surface area contributed by atoms with Crippen LogP contribution in [0.1, 0.15) is 42.8 Å². The summed E-state index contributed by atoms with van der Waals surface area (Å²) in [5.74, 6) is 1.99. The number of para-hydroxylation sites is 1. The van der Waals surface area contributed by atoms with E-state index >= 15 is 0 Å². The van der Waals surface area contributed by atoms with Crippen molar-refractivity contribution < 1.29 is 13.9 Å². The number of hydrogen-bond donors (Lipinski definition) is 1. The van der Waals surface area contributed by atoms with Crippen molar-refractivity contribution in [3.8, 4) is 5.75 Å². The fourth-order valence-corrected chi connectivity index (χ4v) is 4.41. The van der Waals surface area contributed by atoms with Crippen molar-refractivity contribution in [2.24, 2.45) is 5.92 Å². The molecule has 1 aromatic heterocycles. The Kier molecular flexibility index (Phi) is 5.95. The van der Waals surface area contributed by atoms with Crippen LogP contribution in [0.3, 0.4) is 0 Å². The number of likely N-dealkylation sites (tertiary alicyclic amines) is 1. The molecule has 0 aliphatic carbocycles. The van der Waals surface area contributed by atoms with Crippen molar-refractivity contribution >= 4 is 5.91 Å². The van der Waals surface area contributed by atoms with Crippen LogP contribution in [0, 0.1) is 12.8 Å². The van der Waals surface area contributed by atoms with Crippen molar-refractivity contribution in [1.29, 1.82) is 0 Å². The van der Waals surface area contributed by atoms with E-state index in [-0.39, 0.29) is 18.6 Å². The molecule has 2 atom stereocenters. The normalized spacial score (nSPS) is 24.1. The first kappa shape index (κ1) is 19.0. The number of amides is 1. The molecule has 0 saturated carbocycles. The van der Waals surface area contributed by atoms with Gasteiger partial charge in [-0.2, -0.15) is 0 Å². The van der Waals surface area contributed by atoms with Crippen LogP contribution in [0.2, 0.25) is 0 Å². The minimum Gasteiger partial charge on any atom is -0.483 e. The third kappa shape index (κ3) is 4.73. The van der Waals surface area contributed by atoms with E-state index in [1.54, 1.807) is 6.26 Å². The van der Waals surface area contributed by atoms with Gasteiger partial charge in [0.15, 0.2) is 12.5 Å². The molecule has 0 bridgehead atoms. The number of carbonyl (C=O) groups excluding carboxylic acids is 1. The molecule has 6 nitrogen and oxygen atoms in total. The van der Waals surface area contributed by atoms with Crippen LogP contribution >= 0.6 is 0 Å². The standard InChI is InChI=1S/C22H29N3O3/c1-16-23-19(14-27-16)13-25-11-10-20-18(12-25)8-3-2-6-17-7-4-5-9-21(17)28-15-22(26)24-20/h4-5,7,9,14,18,20H,2-3,6,8,10-13,15H2,1H3,(H,24,26)/t18-,20+/m0/s1. The topological polar surface area (TPSA) is 67.6 Å². The molecule has 1 saturated heterocycles. The smallest absolute Gasteiger partial charge is 0.258 e. The Morgan fingerprint density at radius 3 is 3.00 bits per heavy atom. The zero-order valence-corrected chi connectivity index (χ0v) is 16.5. The van der Waals surface area contributed by atoms with E-state index in [0.717, 1.165) is 63.2 Å². The summed E-state index contributed by atoms with van der Waals surface area (Å²) >= 11 is 0. The maximum absolute atomic E-state index is 12.5. The zero-order valence-electron chi connectivity index (χ0n) is 16.5. The highest BCUT2D eigenvalue weighted by Crippen LogP contribution is 2.26. The minimum absolute atomic E-state index is 0.0223. The number of fused-ring (bicyclic) bond motifs is 2. The number of aryl methyl sites for hydroxylation is 2. The molecule has 2 aliphatic rings. The zero-order chi connectivity index (χ0) is 19.3. The Labute approximate surface area is 166 Å². The molecule has 4 rings (SSSR count). The van der Waals surface area contributed by atoms with Gasteiger partial charge in [-0.1, -0.05) is 24.6 Å². The van der Waals surface area contributed by atoms with Gasteiger partial charge in [-0.3, -0.25) is 9.69 Å². The van der Waals surface area contributed by atoms with E-state index in [4.69, 9.17) is 9.15 Å². The summed E-state index contributed by atoms with van der Waals surface area (Å²) in [6, 6.07) is 8.28. The largest absolute Gasteiger partial charge is 0.483 e. The molecular formula is C22H29N3O3. The fourth-order valence-electron chi connectivity index (χ4n) is 4.41. The molecular weight excluding hydrogens is 354 g/mol. The van der Waals surface area contributed by atoms with E-state index in [1.165, 1.54) is 5.56 Å². The molecule has 1 aromatic carbocycles. The number of nitrogens with zero attached hydrogens (tertiary/aromatic N) is 2. The predicted octanol–water partition coefficient (Wildman–Crippen LogP) is 3.10. The summed E-state index contributed by atoms with van der Waals surface area (Å²) in [6.45, 7) is 4.71. The highest BCUT2D eigenvalue weighted by molar-refractivity contribution is 5.78. The lowest BCUT2D eigenvalue weighted by atomic mass is 9.87. The summed E-state index contributed by atoms with van der Waals surface area (Å²) < 4.78 is 11.2. The Morgan fingerprint density at radius 1 is 1.25 bits per heavy atom. The van der Waals surface area contributed by atoms with Gasteiger partial charge in [0.2, 0.25) is 0 Å². The SMILES string of the molecule is Cc1nc(CN2CC[C@H]3NC(=O)COc4ccccc4CCCC[C@H]3C2)co1. The van der Waals surface area contributed by atoms with E-state index in [2.05, 4.69) is 21.3 Å². The van der Waals surface area contributed by atoms with E-state index in [9.17, 15) is 4.79 Å². The molecule has 3 heterocycles. The van der Waals surface area contributed by atoms with Crippen LogP contribution in [0.4, 0.5) is 0 Å². The summed E-state index contributed by atoms with van der Waals surface area (Å²) in [7, 11) is 0. The molecule has 2 aromatic rings. The van der Waals surface area contributed by atoms with Gasteiger partial charge in [0.1, 0.15) is 12.0 Å². The van der Waals surface area contributed by atoms with Gasteiger partial charge < -0.3 is 14.5 Å². The molecule has 1 fully saturated rings. The number of rotatable bonds is 2. The number of hydrogen-bond acceptors (Lipinski definition) is 5. The maximum atomic E-state index is 12.5. The third-order valence-corrected chi connectivity index (χ3v) is 5.82. The number of carbonyl (C=O) groups is 1. The van der Waals surface area contributed by atoms with Crippen molar-refractivity contribution in [1.82, 2.24) is 15.2 Å². The molecule has 0 spiro atoms. The average Bonchev–Trinajstić information content (AvgIpc) is 3.10. The third-order valence-electron chi connectivity index (χ3n) is 5.82. The van der Waals surface area contributed by atoms with Gasteiger partial charge in [0.05, 0.1) is 5.69 Å². The number of aromatic nitrogens is 1. The summed E-state index contributed by atoms with van der Waals surface area (Å²) in [5, 5.41) is 3.23. The lowest BCUT2D eigenvalue weighted by Gasteiger charge is -2.39. The van der Waals surface area contributed by atoms with E-state index in [0.29, 0.717) is 11.8 Å². The quantitative estimate of drug-likeness (QED) is 0.863. The summed E-state index contributed by atoms with van der Waals surface area (Å²) in [4.78, 5) is 19.3. The Hall–Kier alpha value is -2.34. The first-order valence-corrected chi connectivity index (χ1v) is 10.3. The highest BCUT2D eigenvalue weighted by atomic mass is 16.5. The molecule has 28 heavy (non-hydrogen) atoms. The molecule has 0 unspecified atom stereocenters. The van der Waals surface area contributed by atoms with Gasteiger partial charge in [-0.05, 0) is 43.2 Å². The van der Waals surface area contributed by atoms with Crippen LogP contribution in [0.15, 0.2) is 34.9 Å². The number of nitrogens with one attached hydrogen (secondary N) is 1. The van der Waals surface area contributed by atoms with Crippen molar-refractivity contribution in [3.63, 3.8) is 0 Å². The second-order valence-electron chi connectivity index (χ2n) is 7.96. The van der Waals surface area contributed by atoms with Gasteiger partial charge >= 0.3 is 0 Å². The first-order valence-electron chi connectivity index (χ1n) is 10.3. The molecule has 2 aliphatic heterocycles. The van der Waals surface area contributed by atoms with Gasteiger partial charge in [0.25, 0.3) is 5.91 Å². The molecule has 150 valence electrons. The van der Waals surface area contributed by atoms with Gasteiger partial charge in [0, 0.05) is 32.6 Å².